The Morgan fingerprint density at radius 2 is 2.07 bits per heavy atom. The average Bonchev–Trinajstić information content (AvgIpc) is 3.34. The summed E-state index contributed by atoms with van der Waals surface area (Å²) in [4.78, 5) is 25.0. The third-order valence-corrected chi connectivity index (χ3v) is 4.77. The van der Waals surface area contributed by atoms with Gasteiger partial charge in [0.2, 0.25) is 6.79 Å². The lowest BCUT2D eigenvalue weighted by Gasteiger charge is -2.09. The number of nitrogens with zero attached hydrogens (tertiary/aromatic N) is 2. The monoisotopic (exact) mass is 384 g/mol. The number of ether oxygens (including phenoxy) is 2. The SMILES string of the molecule is O=C(NCCn1nc(-c2cccs2)ccc1=O)Nc1ccc2c(c1)OCO2. The molecule has 3 aromatic rings. The van der Waals surface area contributed by atoms with Crippen LogP contribution < -0.4 is 25.7 Å². The van der Waals surface area contributed by atoms with Crippen molar-refractivity contribution in [3.05, 3.63) is 58.2 Å². The number of fused-ring (bicyclic) bond motifs is 1. The maximum Gasteiger partial charge on any atom is 0.319 e. The van der Waals surface area contributed by atoms with Crippen LogP contribution in [0.15, 0.2) is 52.6 Å². The molecule has 0 unspecified atom stereocenters. The molecule has 1 aliphatic rings. The minimum absolute atomic E-state index is 0.178. The van der Waals surface area contributed by atoms with Crippen molar-refractivity contribution in [1.82, 2.24) is 15.1 Å². The van der Waals surface area contributed by atoms with Crippen LogP contribution >= 0.6 is 11.3 Å². The van der Waals surface area contributed by atoms with E-state index < -0.39 is 0 Å². The van der Waals surface area contributed by atoms with Gasteiger partial charge in [-0.25, -0.2) is 9.48 Å². The van der Waals surface area contributed by atoms with Gasteiger partial charge < -0.3 is 20.1 Å². The standard InChI is InChI=1S/C18H16N4O4S/c23-17-6-4-13(16-2-1-9-27-16)21-22(17)8-7-19-18(24)20-12-3-5-14-15(10-12)26-11-25-14/h1-6,9-10H,7-8,11H2,(H2,19,20,24). The number of carbonyl (C=O) groups excluding carboxylic acids is 1. The molecule has 2 aromatic heterocycles. The maximum atomic E-state index is 12.0. The fourth-order valence-electron chi connectivity index (χ4n) is 2.59. The molecule has 0 bridgehead atoms. The van der Waals surface area contributed by atoms with Gasteiger partial charge in [0.25, 0.3) is 5.56 Å². The summed E-state index contributed by atoms with van der Waals surface area (Å²) in [7, 11) is 0. The Bertz CT molecular complexity index is 1020. The summed E-state index contributed by atoms with van der Waals surface area (Å²) in [6.07, 6.45) is 0. The summed E-state index contributed by atoms with van der Waals surface area (Å²) >= 11 is 1.55. The molecule has 0 spiro atoms. The molecule has 2 amide bonds. The number of aromatic nitrogens is 2. The number of carbonyl (C=O) groups is 1. The number of hydrogen-bond donors (Lipinski definition) is 2. The molecule has 1 aromatic carbocycles. The van der Waals surface area contributed by atoms with Crippen LogP contribution in [0.5, 0.6) is 11.5 Å². The van der Waals surface area contributed by atoms with Gasteiger partial charge in [-0.2, -0.15) is 5.10 Å². The van der Waals surface area contributed by atoms with E-state index in [4.69, 9.17) is 9.47 Å². The Morgan fingerprint density at radius 1 is 1.19 bits per heavy atom. The highest BCUT2D eigenvalue weighted by molar-refractivity contribution is 7.13. The van der Waals surface area contributed by atoms with Gasteiger partial charge in [0.05, 0.1) is 11.4 Å². The van der Waals surface area contributed by atoms with E-state index in [0.29, 0.717) is 17.2 Å². The summed E-state index contributed by atoms with van der Waals surface area (Å²) in [5.74, 6) is 1.24. The predicted octanol–water partition coefficient (Wildman–Crippen LogP) is 2.52. The first-order chi connectivity index (χ1) is 13.2. The Balaban J connectivity index is 1.33. The summed E-state index contributed by atoms with van der Waals surface area (Å²) < 4.78 is 11.8. The molecule has 0 fully saturated rings. The van der Waals surface area contributed by atoms with E-state index in [1.54, 1.807) is 35.6 Å². The molecule has 4 rings (SSSR count). The van der Waals surface area contributed by atoms with Gasteiger partial charge in [0, 0.05) is 24.4 Å². The molecule has 0 aliphatic carbocycles. The first-order valence-electron chi connectivity index (χ1n) is 8.25. The zero-order chi connectivity index (χ0) is 18.6. The van der Waals surface area contributed by atoms with Gasteiger partial charge in [0.1, 0.15) is 5.69 Å². The van der Waals surface area contributed by atoms with E-state index in [-0.39, 0.29) is 31.5 Å². The van der Waals surface area contributed by atoms with Gasteiger partial charge in [-0.3, -0.25) is 4.79 Å². The van der Waals surface area contributed by atoms with Gasteiger partial charge in [-0.05, 0) is 29.6 Å². The molecule has 9 heteroatoms. The summed E-state index contributed by atoms with van der Waals surface area (Å²) in [5, 5.41) is 11.7. The lowest BCUT2D eigenvalue weighted by Crippen LogP contribution is -2.34. The van der Waals surface area contributed by atoms with Crippen molar-refractivity contribution in [3.8, 4) is 22.1 Å². The highest BCUT2D eigenvalue weighted by Crippen LogP contribution is 2.34. The molecule has 1 aliphatic heterocycles. The number of rotatable bonds is 5. The van der Waals surface area contributed by atoms with E-state index >= 15 is 0 Å². The highest BCUT2D eigenvalue weighted by atomic mass is 32.1. The van der Waals surface area contributed by atoms with Crippen molar-refractivity contribution in [2.45, 2.75) is 6.54 Å². The van der Waals surface area contributed by atoms with Crippen LogP contribution in [0.2, 0.25) is 0 Å². The Hall–Kier alpha value is -3.33. The van der Waals surface area contributed by atoms with E-state index in [9.17, 15) is 9.59 Å². The third-order valence-electron chi connectivity index (χ3n) is 3.88. The molecule has 0 radical (unpaired) electrons. The second-order valence-corrected chi connectivity index (χ2v) is 6.65. The normalized spacial score (nSPS) is 12.0. The van der Waals surface area contributed by atoms with Crippen LogP contribution in [0.25, 0.3) is 10.6 Å². The summed E-state index contributed by atoms with van der Waals surface area (Å²) in [6, 6.07) is 11.8. The number of nitrogens with one attached hydrogen (secondary N) is 2. The number of urea groups is 1. The smallest absolute Gasteiger partial charge is 0.319 e. The van der Waals surface area contributed by atoms with Crippen LogP contribution in [0.3, 0.4) is 0 Å². The molecule has 0 atom stereocenters. The van der Waals surface area contributed by atoms with Gasteiger partial charge in [-0.15, -0.1) is 11.3 Å². The zero-order valence-electron chi connectivity index (χ0n) is 14.2. The number of anilines is 1. The Morgan fingerprint density at radius 3 is 2.93 bits per heavy atom. The molecule has 2 N–H and O–H groups in total. The lowest BCUT2D eigenvalue weighted by atomic mass is 10.3. The van der Waals surface area contributed by atoms with Crippen molar-refractivity contribution in [2.24, 2.45) is 0 Å². The van der Waals surface area contributed by atoms with E-state index in [1.165, 1.54) is 10.7 Å². The average molecular weight is 384 g/mol. The summed E-state index contributed by atoms with van der Waals surface area (Å²) in [6.45, 7) is 0.709. The quantitative estimate of drug-likeness (QED) is 0.705. The third kappa shape index (κ3) is 3.93. The van der Waals surface area contributed by atoms with Crippen molar-refractivity contribution in [2.75, 3.05) is 18.7 Å². The van der Waals surface area contributed by atoms with Gasteiger partial charge >= 0.3 is 6.03 Å². The molecule has 0 saturated carbocycles. The minimum Gasteiger partial charge on any atom is -0.454 e. The first kappa shape index (κ1) is 17.1. The topological polar surface area (TPSA) is 94.5 Å². The van der Waals surface area contributed by atoms with Crippen molar-refractivity contribution in [1.29, 1.82) is 0 Å². The fourth-order valence-corrected chi connectivity index (χ4v) is 3.28. The van der Waals surface area contributed by atoms with Crippen LogP contribution in [-0.2, 0) is 6.54 Å². The van der Waals surface area contributed by atoms with Crippen molar-refractivity contribution in [3.63, 3.8) is 0 Å². The molecule has 27 heavy (non-hydrogen) atoms. The Kier molecular flexibility index (Phi) is 4.75. The Labute approximate surface area is 158 Å². The van der Waals surface area contributed by atoms with E-state index in [0.717, 1.165) is 10.6 Å². The van der Waals surface area contributed by atoms with Gasteiger partial charge in [-0.1, -0.05) is 6.07 Å². The van der Waals surface area contributed by atoms with E-state index in [2.05, 4.69) is 15.7 Å². The molecule has 3 heterocycles. The van der Waals surface area contributed by atoms with Crippen molar-refractivity contribution >= 4 is 23.1 Å². The highest BCUT2D eigenvalue weighted by Gasteiger charge is 2.14. The second kappa shape index (κ2) is 7.50. The van der Waals surface area contributed by atoms with Crippen LogP contribution in [0.4, 0.5) is 10.5 Å². The fraction of sp³-hybridized carbons (Fsp3) is 0.167. The molecule has 8 nitrogen and oxygen atoms in total. The maximum absolute atomic E-state index is 12.0. The van der Waals surface area contributed by atoms with Gasteiger partial charge in [0.15, 0.2) is 11.5 Å². The van der Waals surface area contributed by atoms with Crippen LogP contribution in [0.1, 0.15) is 0 Å². The molecule has 0 saturated heterocycles. The number of hydrogen-bond acceptors (Lipinski definition) is 6. The second-order valence-electron chi connectivity index (χ2n) is 5.71. The number of thiophene rings is 1. The molecular weight excluding hydrogens is 368 g/mol. The minimum atomic E-state index is -0.378. The lowest BCUT2D eigenvalue weighted by molar-refractivity contribution is 0.174. The van der Waals surface area contributed by atoms with Crippen LogP contribution in [0, 0.1) is 0 Å². The predicted molar refractivity (Wildman–Crippen MR) is 101 cm³/mol. The van der Waals surface area contributed by atoms with Crippen molar-refractivity contribution < 1.29 is 14.3 Å². The van der Waals surface area contributed by atoms with E-state index in [1.807, 2.05) is 17.5 Å². The zero-order valence-corrected chi connectivity index (χ0v) is 15.0. The van der Waals surface area contributed by atoms with Crippen LogP contribution in [-0.4, -0.2) is 29.1 Å². The number of benzene rings is 1. The molecular formula is C18H16N4O4S. The largest absolute Gasteiger partial charge is 0.454 e. The number of amides is 2. The summed E-state index contributed by atoms with van der Waals surface area (Å²) in [5.41, 5.74) is 1.11. The molecule has 138 valence electrons. The first-order valence-corrected chi connectivity index (χ1v) is 9.13.